The molecular weight excluding hydrogens is 374 g/mol. The van der Waals surface area contributed by atoms with Crippen LogP contribution in [0.4, 0.5) is 5.69 Å². The van der Waals surface area contributed by atoms with Crippen LogP contribution in [-0.2, 0) is 4.79 Å². The lowest BCUT2D eigenvalue weighted by molar-refractivity contribution is -0.385. The Morgan fingerprint density at radius 2 is 2.00 bits per heavy atom. The smallest absolute Gasteiger partial charge is 0.328 e. The van der Waals surface area contributed by atoms with Crippen molar-refractivity contribution in [3.63, 3.8) is 0 Å². The second kappa shape index (κ2) is 6.50. The molecule has 0 radical (unpaired) electrons. The zero-order chi connectivity index (χ0) is 13.7. The summed E-state index contributed by atoms with van der Waals surface area (Å²) in [6.45, 7) is 0.0430. The molecule has 0 aliphatic carbocycles. The minimum absolute atomic E-state index is 0.0430. The molecule has 0 amide bonds. The number of rotatable bonds is 5. The van der Waals surface area contributed by atoms with E-state index in [1.165, 1.54) is 18.2 Å². The van der Waals surface area contributed by atoms with Crippen molar-refractivity contribution in [3.8, 4) is 5.75 Å². The molecule has 1 aromatic rings. The van der Waals surface area contributed by atoms with Gasteiger partial charge in [-0.2, -0.15) is 0 Å². The first-order valence-corrected chi connectivity index (χ1v) is 6.16. The molecule has 0 aromatic heterocycles. The van der Waals surface area contributed by atoms with Crippen molar-refractivity contribution in [2.45, 2.75) is 0 Å². The molecule has 1 aromatic carbocycles. The Balaban J connectivity index is 2.84. The zero-order valence-corrected chi connectivity index (χ0v) is 12.0. The fourth-order valence-electron chi connectivity index (χ4n) is 1.07. The highest BCUT2D eigenvalue weighted by Crippen LogP contribution is 2.37. The fraction of sp³-hybridized carbons (Fsp3) is 0.100. The molecule has 0 saturated carbocycles. The van der Waals surface area contributed by atoms with Crippen molar-refractivity contribution in [1.29, 1.82) is 0 Å². The Bertz CT molecular complexity index is 492. The summed E-state index contributed by atoms with van der Waals surface area (Å²) >= 11 is 6.29. The van der Waals surface area contributed by atoms with Crippen LogP contribution in [-0.4, -0.2) is 22.6 Å². The standard InChI is InChI=1S/C10H7Br2NO5/c11-7-4-6(13(16)17)5-8(12)10(7)18-3-1-2-9(14)15/h1-2,4-5H,3H2,(H,14,15)/b2-1+. The largest absolute Gasteiger partial charge is 0.487 e. The molecular formula is C10H7Br2NO5. The van der Waals surface area contributed by atoms with Crippen LogP contribution in [0.5, 0.6) is 5.75 Å². The Morgan fingerprint density at radius 3 is 2.44 bits per heavy atom. The summed E-state index contributed by atoms with van der Waals surface area (Å²) in [7, 11) is 0. The first-order valence-electron chi connectivity index (χ1n) is 4.57. The highest BCUT2D eigenvalue weighted by atomic mass is 79.9. The van der Waals surface area contributed by atoms with E-state index < -0.39 is 10.9 Å². The lowest BCUT2D eigenvalue weighted by Gasteiger charge is -2.08. The van der Waals surface area contributed by atoms with Gasteiger partial charge >= 0.3 is 5.97 Å². The molecule has 0 heterocycles. The van der Waals surface area contributed by atoms with E-state index in [2.05, 4.69) is 31.9 Å². The molecule has 1 rings (SSSR count). The Labute approximate surface area is 119 Å². The summed E-state index contributed by atoms with van der Waals surface area (Å²) in [5.74, 6) is -0.698. The Hall–Kier alpha value is -1.41. The maximum atomic E-state index is 10.6. The number of hydrogen-bond donors (Lipinski definition) is 1. The number of carboxylic acid groups (broad SMARTS) is 1. The van der Waals surface area contributed by atoms with Crippen molar-refractivity contribution in [3.05, 3.63) is 43.3 Å². The highest BCUT2D eigenvalue weighted by Gasteiger charge is 2.14. The maximum absolute atomic E-state index is 10.6. The van der Waals surface area contributed by atoms with E-state index in [0.29, 0.717) is 14.7 Å². The van der Waals surface area contributed by atoms with Crippen LogP contribution in [0.15, 0.2) is 33.2 Å². The second-order valence-corrected chi connectivity index (χ2v) is 4.76. The zero-order valence-electron chi connectivity index (χ0n) is 8.80. The van der Waals surface area contributed by atoms with Crippen LogP contribution < -0.4 is 4.74 Å². The van der Waals surface area contributed by atoms with Crippen LogP contribution in [0.25, 0.3) is 0 Å². The normalized spacial score (nSPS) is 10.6. The third-order valence-electron chi connectivity index (χ3n) is 1.78. The summed E-state index contributed by atoms with van der Waals surface area (Å²) in [5.41, 5.74) is -0.0813. The predicted octanol–water partition coefficient (Wildman–Crippen LogP) is 3.14. The van der Waals surface area contributed by atoms with Gasteiger partial charge in [0.15, 0.2) is 0 Å². The van der Waals surface area contributed by atoms with Crippen molar-refractivity contribution in [2.24, 2.45) is 0 Å². The van der Waals surface area contributed by atoms with Gasteiger partial charge in [0, 0.05) is 18.2 Å². The van der Waals surface area contributed by atoms with Gasteiger partial charge in [-0.3, -0.25) is 10.1 Å². The number of hydrogen-bond acceptors (Lipinski definition) is 4. The van der Waals surface area contributed by atoms with Crippen LogP contribution in [0, 0.1) is 10.1 Å². The Morgan fingerprint density at radius 1 is 1.44 bits per heavy atom. The molecule has 18 heavy (non-hydrogen) atoms. The molecule has 0 saturated heterocycles. The number of carboxylic acids is 1. The summed E-state index contributed by atoms with van der Waals surface area (Å²) in [5, 5.41) is 19.0. The van der Waals surface area contributed by atoms with Gasteiger partial charge in [-0.25, -0.2) is 4.79 Å². The highest BCUT2D eigenvalue weighted by molar-refractivity contribution is 9.11. The number of aliphatic carboxylic acids is 1. The minimum Gasteiger partial charge on any atom is -0.487 e. The van der Waals surface area contributed by atoms with Gasteiger partial charge in [-0.1, -0.05) is 0 Å². The van der Waals surface area contributed by atoms with Gasteiger partial charge in [-0.05, 0) is 37.9 Å². The van der Waals surface area contributed by atoms with Gasteiger partial charge in [0.05, 0.1) is 13.9 Å². The number of nitrogens with zero attached hydrogens (tertiary/aromatic N) is 1. The molecule has 96 valence electrons. The fourth-order valence-corrected chi connectivity index (χ4v) is 2.46. The summed E-state index contributed by atoms with van der Waals surface area (Å²) in [4.78, 5) is 20.3. The quantitative estimate of drug-likeness (QED) is 0.481. The molecule has 0 atom stereocenters. The van der Waals surface area contributed by atoms with E-state index in [-0.39, 0.29) is 12.3 Å². The molecule has 0 spiro atoms. The molecule has 8 heteroatoms. The number of halogens is 2. The van der Waals surface area contributed by atoms with Crippen molar-refractivity contribution in [2.75, 3.05) is 6.61 Å². The van der Waals surface area contributed by atoms with E-state index in [4.69, 9.17) is 9.84 Å². The monoisotopic (exact) mass is 379 g/mol. The van der Waals surface area contributed by atoms with E-state index >= 15 is 0 Å². The Kier molecular flexibility index (Phi) is 5.29. The van der Waals surface area contributed by atoms with E-state index in [1.54, 1.807) is 0 Å². The average Bonchev–Trinajstić information content (AvgIpc) is 2.26. The van der Waals surface area contributed by atoms with Crippen LogP contribution in [0.1, 0.15) is 0 Å². The van der Waals surface area contributed by atoms with Crippen LogP contribution in [0.3, 0.4) is 0 Å². The lowest BCUT2D eigenvalue weighted by atomic mass is 10.3. The maximum Gasteiger partial charge on any atom is 0.328 e. The van der Waals surface area contributed by atoms with Crippen molar-refractivity contribution >= 4 is 43.5 Å². The summed E-state index contributed by atoms with van der Waals surface area (Å²) in [6, 6.07) is 2.61. The first-order chi connectivity index (χ1) is 8.41. The number of nitro groups is 1. The van der Waals surface area contributed by atoms with Gasteiger partial charge in [-0.15, -0.1) is 0 Å². The number of carbonyl (C=O) groups is 1. The van der Waals surface area contributed by atoms with Crippen LogP contribution >= 0.6 is 31.9 Å². The van der Waals surface area contributed by atoms with Gasteiger partial charge in [0.25, 0.3) is 5.69 Å². The molecule has 1 N–H and O–H groups in total. The van der Waals surface area contributed by atoms with Crippen molar-refractivity contribution < 1.29 is 19.6 Å². The summed E-state index contributed by atoms with van der Waals surface area (Å²) < 4.78 is 6.11. The molecule has 0 bridgehead atoms. The number of non-ortho nitro benzene ring substituents is 1. The topological polar surface area (TPSA) is 89.7 Å². The van der Waals surface area contributed by atoms with E-state index in [1.807, 2.05) is 0 Å². The predicted molar refractivity (Wildman–Crippen MR) is 70.8 cm³/mol. The van der Waals surface area contributed by atoms with Crippen molar-refractivity contribution in [1.82, 2.24) is 0 Å². The molecule has 0 unspecified atom stereocenters. The number of ether oxygens (including phenoxy) is 1. The van der Waals surface area contributed by atoms with E-state index in [0.717, 1.165) is 6.08 Å². The average molecular weight is 381 g/mol. The van der Waals surface area contributed by atoms with Gasteiger partial charge in [0.2, 0.25) is 0 Å². The SMILES string of the molecule is O=C(O)/C=C/COc1c(Br)cc([N+](=O)[O-])cc1Br. The molecule has 0 fully saturated rings. The first kappa shape index (κ1) is 14.7. The van der Waals surface area contributed by atoms with Gasteiger partial charge < -0.3 is 9.84 Å². The second-order valence-electron chi connectivity index (χ2n) is 3.05. The molecule has 6 nitrogen and oxygen atoms in total. The van der Waals surface area contributed by atoms with Gasteiger partial charge in [0.1, 0.15) is 12.4 Å². The number of benzene rings is 1. The third kappa shape index (κ3) is 4.11. The van der Waals surface area contributed by atoms with E-state index in [9.17, 15) is 14.9 Å². The number of nitro benzene ring substituents is 1. The third-order valence-corrected chi connectivity index (χ3v) is 2.96. The lowest BCUT2D eigenvalue weighted by Crippen LogP contribution is -1.98. The minimum atomic E-state index is -1.07. The molecule has 0 aliphatic rings. The summed E-state index contributed by atoms with van der Waals surface area (Å²) in [6.07, 6.45) is 2.27. The van der Waals surface area contributed by atoms with Crippen LogP contribution in [0.2, 0.25) is 0 Å². The molecule has 0 aliphatic heterocycles.